The summed E-state index contributed by atoms with van der Waals surface area (Å²) in [5.74, 6) is 0.208. The first-order valence-electron chi connectivity index (χ1n) is 5.79. The number of halogens is 4. The van der Waals surface area contributed by atoms with Crippen molar-refractivity contribution in [3.8, 4) is 0 Å². The molecule has 0 aromatic carbocycles. The number of hydrogen-bond donors (Lipinski definition) is 2. The van der Waals surface area contributed by atoms with Gasteiger partial charge in [-0.05, 0) is 12.5 Å². The van der Waals surface area contributed by atoms with Crippen LogP contribution >= 0.6 is 11.6 Å². The third-order valence-electron chi connectivity index (χ3n) is 3.70. The molecule has 2 N–H and O–H groups in total. The smallest absolute Gasteiger partial charge is 0.392 e. The molecule has 0 bridgehead atoms. The molecule has 1 fully saturated rings. The fourth-order valence-electron chi connectivity index (χ4n) is 2.01. The Morgan fingerprint density at radius 2 is 2.11 bits per heavy atom. The average Bonchev–Trinajstić information content (AvgIpc) is 2.29. The number of aliphatic hydroxyl groups is 1. The van der Waals surface area contributed by atoms with E-state index in [0.29, 0.717) is 6.42 Å². The van der Waals surface area contributed by atoms with Crippen molar-refractivity contribution in [1.82, 2.24) is 4.98 Å². The number of pyridine rings is 1. The average molecular weight is 295 g/mol. The second kappa shape index (κ2) is 4.52. The second-order valence-corrected chi connectivity index (χ2v) is 5.73. The van der Waals surface area contributed by atoms with E-state index in [1.165, 1.54) is 0 Å². The van der Waals surface area contributed by atoms with Crippen molar-refractivity contribution in [2.45, 2.75) is 38.6 Å². The van der Waals surface area contributed by atoms with E-state index in [-0.39, 0.29) is 22.3 Å². The lowest BCUT2D eigenvalue weighted by atomic mass is 9.64. The van der Waals surface area contributed by atoms with Crippen molar-refractivity contribution >= 4 is 17.4 Å². The minimum Gasteiger partial charge on any atom is -0.392 e. The molecule has 0 spiro atoms. The van der Waals surface area contributed by atoms with Crippen LogP contribution in [0.1, 0.15) is 25.8 Å². The summed E-state index contributed by atoms with van der Waals surface area (Å²) in [5, 5.41) is 12.5. The predicted octanol–water partition coefficient (Wildman–Crippen LogP) is 3.33. The fraction of sp³-hybridized carbons (Fsp3) is 0.583. The van der Waals surface area contributed by atoms with Crippen molar-refractivity contribution in [2.75, 3.05) is 5.32 Å². The van der Waals surface area contributed by atoms with Gasteiger partial charge in [0.1, 0.15) is 5.82 Å². The third kappa shape index (κ3) is 2.65. The van der Waals surface area contributed by atoms with E-state index < -0.39 is 17.8 Å². The van der Waals surface area contributed by atoms with E-state index in [1.54, 1.807) is 0 Å². The van der Waals surface area contributed by atoms with Gasteiger partial charge in [-0.2, -0.15) is 13.2 Å². The number of hydrogen-bond acceptors (Lipinski definition) is 3. The predicted molar refractivity (Wildman–Crippen MR) is 66.1 cm³/mol. The zero-order valence-corrected chi connectivity index (χ0v) is 11.2. The van der Waals surface area contributed by atoms with E-state index in [2.05, 4.69) is 10.3 Å². The molecule has 1 aromatic heterocycles. The topological polar surface area (TPSA) is 45.1 Å². The van der Waals surface area contributed by atoms with Crippen LogP contribution in [0.3, 0.4) is 0 Å². The Labute approximate surface area is 113 Å². The molecule has 19 heavy (non-hydrogen) atoms. The molecule has 7 heteroatoms. The zero-order chi connectivity index (χ0) is 14.4. The molecule has 2 atom stereocenters. The Balaban J connectivity index is 2.15. The molecule has 1 aromatic rings. The number of rotatable bonds is 2. The first-order chi connectivity index (χ1) is 8.62. The quantitative estimate of drug-likeness (QED) is 0.879. The van der Waals surface area contributed by atoms with Crippen LogP contribution in [-0.2, 0) is 6.18 Å². The van der Waals surface area contributed by atoms with E-state index in [9.17, 15) is 18.3 Å². The minimum absolute atomic E-state index is 0.0655. The van der Waals surface area contributed by atoms with Gasteiger partial charge in [-0.15, -0.1) is 0 Å². The maximum Gasteiger partial charge on any atom is 0.417 e. The standard InChI is InChI=1S/C12H14ClF3N2O/c1-11(2)8(4-9(11)19)18-10-7(13)3-6(5-17-10)12(14,15)16/h3,5,8-9,19H,4H2,1-2H3,(H,17,18). The van der Waals surface area contributed by atoms with Gasteiger partial charge in [-0.25, -0.2) is 4.98 Å². The van der Waals surface area contributed by atoms with Crippen molar-refractivity contribution in [1.29, 1.82) is 0 Å². The van der Waals surface area contributed by atoms with Gasteiger partial charge in [-0.3, -0.25) is 0 Å². The third-order valence-corrected chi connectivity index (χ3v) is 3.98. The molecule has 0 amide bonds. The highest BCUT2D eigenvalue weighted by molar-refractivity contribution is 6.33. The molecule has 1 aliphatic carbocycles. The Kier molecular flexibility index (Phi) is 3.43. The molecule has 1 aliphatic rings. The molecule has 3 nitrogen and oxygen atoms in total. The molecule has 1 saturated carbocycles. The summed E-state index contributed by atoms with van der Waals surface area (Å²) in [7, 11) is 0. The Morgan fingerprint density at radius 3 is 2.53 bits per heavy atom. The number of alkyl halides is 3. The van der Waals surface area contributed by atoms with Crippen molar-refractivity contribution in [2.24, 2.45) is 5.41 Å². The van der Waals surface area contributed by atoms with Gasteiger partial charge in [0.05, 0.1) is 16.7 Å². The van der Waals surface area contributed by atoms with Crippen LogP contribution in [-0.4, -0.2) is 22.2 Å². The van der Waals surface area contributed by atoms with Gasteiger partial charge in [0.15, 0.2) is 0 Å². The lowest BCUT2D eigenvalue weighted by Gasteiger charge is -2.49. The first kappa shape index (κ1) is 14.4. The van der Waals surface area contributed by atoms with Crippen LogP contribution in [0.5, 0.6) is 0 Å². The molecule has 2 unspecified atom stereocenters. The molecular formula is C12H14ClF3N2O. The van der Waals surface area contributed by atoms with Crippen LogP contribution in [0.2, 0.25) is 5.02 Å². The number of aliphatic hydroxyl groups excluding tert-OH is 1. The SMILES string of the molecule is CC1(C)C(O)CC1Nc1ncc(C(F)(F)F)cc1Cl. The first-order valence-corrected chi connectivity index (χ1v) is 6.17. The summed E-state index contributed by atoms with van der Waals surface area (Å²) in [5.41, 5.74) is -1.23. The summed E-state index contributed by atoms with van der Waals surface area (Å²) in [6, 6.07) is 0.781. The van der Waals surface area contributed by atoms with Crippen molar-refractivity contribution in [3.63, 3.8) is 0 Å². The summed E-state index contributed by atoms with van der Waals surface area (Å²) < 4.78 is 37.4. The molecule has 2 rings (SSSR count). The van der Waals surface area contributed by atoms with E-state index in [0.717, 1.165) is 12.3 Å². The molecule has 0 saturated heterocycles. The van der Waals surface area contributed by atoms with Crippen LogP contribution < -0.4 is 5.32 Å². The molecular weight excluding hydrogens is 281 g/mol. The molecule has 0 aliphatic heterocycles. The minimum atomic E-state index is -4.46. The largest absolute Gasteiger partial charge is 0.417 e. The van der Waals surface area contributed by atoms with Gasteiger partial charge in [0.2, 0.25) is 0 Å². The summed E-state index contributed by atoms with van der Waals surface area (Å²) in [4.78, 5) is 3.71. The van der Waals surface area contributed by atoms with Crippen LogP contribution in [0.4, 0.5) is 19.0 Å². The van der Waals surface area contributed by atoms with Crippen LogP contribution in [0.25, 0.3) is 0 Å². The molecule has 1 heterocycles. The molecule has 0 radical (unpaired) electrons. The molecule has 106 valence electrons. The zero-order valence-electron chi connectivity index (χ0n) is 10.4. The van der Waals surface area contributed by atoms with Crippen LogP contribution in [0.15, 0.2) is 12.3 Å². The van der Waals surface area contributed by atoms with Gasteiger partial charge in [0.25, 0.3) is 0 Å². The van der Waals surface area contributed by atoms with Gasteiger partial charge >= 0.3 is 6.18 Å². The van der Waals surface area contributed by atoms with Crippen molar-refractivity contribution < 1.29 is 18.3 Å². The van der Waals surface area contributed by atoms with E-state index >= 15 is 0 Å². The van der Waals surface area contributed by atoms with Gasteiger partial charge < -0.3 is 10.4 Å². The number of nitrogens with one attached hydrogen (secondary N) is 1. The number of nitrogens with zero attached hydrogens (tertiary/aromatic N) is 1. The highest BCUT2D eigenvalue weighted by Crippen LogP contribution is 2.43. The van der Waals surface area contributed by atoms with E-state index in [4.69, 9.17) is 11.6 Å². The maximum absolute atomic E-state index is 12.5. The monoisotopic (exact) mass is 294 g/mol. The highest BCUT2D eigenvalue weighted by Gasteiger charge is 2.47. The summed E-state index contributed by atoms with van der Waals surface area (Å²) in [6.45, 7) is 3.74. The Bertz CT molecular complexity index is 490. The van der Waals surface area contributed by atoms with Gasteiger partial charge in [0, 0.05) is 17.7 Å². The van der Waals surface area contributed by atoms with Crippen molar-refractivity contribution in [3.05, 3.63) is 22.8 Å². The normalized spacial score (nSPS) is 25.8. The van der Waals surface area contributed by atoms with E-state index in [1.807, 2.05) is 13.8 Å². The van der Waals surface area contributed by atoms with Crippen LogP contribution in [0, 0.1) is 5.41 Å². The summed E-state index contributed by atoms with van der Waals surface area (Å²) >= 11 is 5.80. The Morgan fingerprint density at radius 1 is 1.47 bits per heavy atom. The highest BCUT2D eigenvalue weighted by atomic mass is 35.5. The lowest BCUT2D eigenvalue weighted by Crippen LogP contribution is -2.57. The fourth-order valence-corrected chi connectivity index (χ4v) is 2.23. The lowest BCUT2D eigenvalue weighted by molar-refractivity contribution is -0.137. The number of anilines is 1. The second-order valence-electron chi connectivity index (χ2n) is 5.32. The number of aromatic nitrogens is 1. The summed E-state index contributed by atoms with van der Waals surface area (Å²) in [6.07, 6.45) is -3.62. The Hall–Kier alpha value is -1.01. The maximum atomic E-state index is 12.5. The van der Waals surface area contributed by atoms with Gasteiger partial charge in [-0.1, -0.05) is 25.4 Å².